The average Bonchev–Trinajstić information content (AvgIpc) is 2.33. The molecule has 0 aromatic rings. The van der Waals surface area contributed by atoms with Crippen LogP contribution >= 0.6 is 0 Å². The number of aliphatic hydroxyl groups is 4. The van der Waals surface area contributed by atoms with E-state index in [1.165, 1.54) is 0 Å². The van der Waals surface area contributed by atoms with Gasteiger partial charge in [0, 0.05) is 0 Å². The third-order valence-corrected chi connectivity index (χ3v) is 2.44. The molecule has 0 heterocycles. The van der Waals surface area contributed by atoms with E-state index in [2.05, 4.69) is 26.3 Å². The topological polar surface area (TPSA) is 80.9 Å². The van der Waals surface area contributed by atoms with Crippen LogP contribution < -0.4 is 0 Å². The van der Waals surface area contributed by atoms with Crippen LogP contribution in [0.3, 0.4) is 0 Å². The molecule has 0 spiro atoms. The molecule has 3 unspecified atom stereocenters. The van der Waals surface area contributed by atoms with Gasteiger partial charge in [0.15, 0.2) is 0 Å². The molecule has 16 heavy (non-hydrogen) atoms. The first-order valence-corrected chi connectivity index (χ1v) is 4.69. The normalized spacial score (nSPS) is 20.0. The van der Waals surface area contributed by atoms with Crippen molar-refractivity contribution in [3.63, 3.8) is 0 Å². The van der Waals surface area contributed by atoms with Crippen LogP contribution in [0.1, 0.15) is 0 Å². The van der Waals surface area contributed by atoms with Crippen LogP contribution in [-0.4, -0.2) is 44.3 Å². The standard InChI is InChI=1S/C12H18O4/c1-5-9(13)8(4)12(16,10(14)6-2)11(15)7-3/h5-7,9-11,13-16H,1-4H2. The van der Waals surface area contributed by atoms with Gasteiger partial charge in [-0.1, -0.05) is 24.8 Å². The summed E-state index contributed by atoms with van der Waals surface area (Å²) in [7, 11) is 0. The van der Waals surface area contributed by atoms with Gasteiger partial charge in [-0.25, -0.2) is 0 Å². The first-order valence-electron chi connectivity index (χ1n) is 4.69. The van der Waals surface area contributed by atoms with E-state index < -0.39 is 23.9 Å². The maximum atomic E-state index is 10.2. The van der Waals surface area contributed by atoms with Gasteiger partial charge in [0.2, 0.25) is 0 Å². The third kappa shape index (κ3) is 2.48. The van der Waals surface area contributed by atoms with E-state index in [0.29, 0.717) is 0 Å². The number of rotatable bonds is 7. The van der Waals surface area contributed by atoms with Crippen LogP contribution in [0.2, 0.25) is 0 Å². The molecule has 0 aromatic carbocycles. The summed E-state index contributed by atoms with van der Waals surface area (Å²) in [5.41, 5.74) is -2.32. The van der Waals surface area contributed by atoms with Crippen LogP contribution in [0, 0.1) is 0 Å². The zero-order valence-electron chi connectivity index (χ0n) is 9.08. The van der Waals surface area contributed by atoms with Crippen molar-refractivity contribution in [3.8, 4) is 0 Å². The molecular formula is C12H18O4. The van der Waals surface area contributed by atoms with Crippen LogP contribution in [-0.2, 0) is 0 Å². The van der Waals surface area contributed by atoms with Crippen LogP contribution in [0.5, 0.6) is 0 Å². The van der Waals surface area contributed by atoms with Gasteiger partial charge in [-0.15, -0.1) is 19.7 Å². The largest absolute Gasteiger partial charge is 0.386 e. The Bertz CT molecular complexity index is 281. The molecule has 0 rings (SSSR count). The van der Waals surface area contributed by atoms with E-state index in [1.54, 1.807) is 0 Å². The van der Waals surface area contributed by atoms with Crippen molar-refractivity contribution in [1.29, 1.82) is 0 Å². The molecule has 0 aliphatic rings. The number of hydrogen-bond acceptors (Lipinski definition) is 4. The maximum absolute atomic E-state index is 10.2. The lowest BCUT2D eigenvalue weighted by molar-refractivity contribution is -0.0946. The Morgan fingerprint density at radius 2 is 1.31 bits per heavy atom. The van der Waals surface area contributed by atoms with Gasteiger partial charge in [-0.05, 0) is 5.57 Å². The fourth-order valence-corrected chi connectivity index (χ4v) is 1.29. The van der Waals surface area contributed by atoms with Gasteiger partial charge in [0.1, 0.15) is 17.8 Å². The molecule has 0 radical (unpaired) electrons. The smallest absolute Gasteiger partial charge is 0.147 e. The average molecular weight is 226 g/mol. The SMILES string of the molecule is C=CC(O)C(=C)C(O)(C(O)C=C)C(O)C=C. The van der Waals surface area contributed by atoms with Gasteiger partial charge in [0.05, 0.1) is 6.10 Å². The minimum absolute atomic E-state index is 0.178. The molecule has 0 aliphatic carbocycles. The molecule has 0 bridgehead atoms. The Hall–Kier alpha value is -1.20. The molecule has 0 saturated heterocycles. The van der Waals surface area contributed by atoms with E-state index in [1.807, 2.05) is 0 Å². The molecule has 3 atom stereocenters. The first kappa shape index (κ1) is 14.8. The van der Waals surface area contributed by atoms with Crippen molar-refractivity contribution < 1.29 is 20.4 Å². The molecule has 4 heteroatoms. The Morgan fingerprint density at radius 3 is 1.56 bits per heavy atom. The van der Waals surface area contributed by atoms with Crippen molar-refractivity contribution in [1.82, 2.24) is 0 Å². The second kappa shape index (κ2) is 5.77. The Kier molecular flexibility index (Phi) is 5.33. The summed E-state index contributed by atoms with van der Waals surface area (Å²) in [5.74, 6) is 0. The van der Waals surface area contributed by atoms with Gasteiger partial charge in [-0.2, -0.15) is 0 Å². The predicted molar refractivity (Wildman–Crippen MR) is 62.7 cm³/mol. The summed E-state index contributed by atoms with van der Waals surface area (Å²) in [5, 5.41) is 38.9. The van der Waals surface area contributed by atoms with E-state index >= 15 is 0 Å². The fourth-order valence-electron chi connectivity index (χ4n) is 1.29. The van der Waals surface area contributed by atoms with Gasteiger partial charge in [0.25, 0.3) is 0 Å². The highest BCUT2D eigenvalue weighted by atomic mass is 16.4. The van der Waals surface area contributed by atoms with Crippen LogP contribution in [0.25, 0.3) is 0 Å². The summed E-state index contributed by atoms with van der Waals surface area (Å²) < 4.78 is 0. The summed E-state index contributed by atoms with van der Waals surface area (Å²) in [4.78, 5) is 0. The summed E-state index contributed by atoms with van der Waals surface area (Å²) >= 11 is 0. The Labute approximate surface area is 95.2 Å². The lowest BCUT2D eigenvalue weighted by Crippen LogP contribution is -2.54. The van der Waals surface area contributed by atoms with Crippen molar-refractivity contribution in [2.45, 2.75) is 23.9 Å². The minimum atomic E-state index is -2.14. The molecule has 0 aromatic heterocycles. The zero-order chi connectivity index (χ0) is 12.9. The summed E-state index contributed by atoms with van der Waals surface area (Å²) in [6.07, 6.45) is -1.03. The van der Waals surface area contributed by atoms with E-state index in [-0.39, 0.29) is 5.57 Å². The summed E-state index contributed by atoms with van der Waals surface area (Å²) in [6.45, 7) is 13.4. The molecule has 4 N–H and O–H groups in total. The predicted octanol–water partition coefficient (Wildman–Crippen LogP) is -0.0856. The third-order valence-electron chi connectivity index (χ3n) is 2.44. The van der Waals surface area contributed by atoms with Gasteiger partial charge >= 0.3 is 0 Å². The van der Waals surface area contributed by atoms with Gasteiger partial charge in [-0.3, -0.25) is 0 Å². The molecule has 0 aliphatic heterocycles. The van der Waals surface area contributed by atoms with Crippen molar-refractivity contribution in [2.24, 2.45) is 0 Å². The Balaban J connectivity index is 5.38. The minimum Gasteiger partial charge on any atom is -0.386 e. The maximum Gasteiger partial charge on any atom is 0.147 e. The van der Waals surface area contributed by atoms with Gasteiger partial charge < -0.3 is 20.4 Å². The zero-order valence-corrected chi connectivity index (χ0v) is 9.08. The fraction of sp³-hybridized carbons (Fsp3) is 0.333. The highest BCUT2D eigenvalue weighted by molar-refractivity contribution is 5.29. The summed E-state index contributed by atoms with van der Waals surface area (Å²) in [6, 6.07) is 0. The van der Waals surface area contributed by atoms with Crippen molar-refractivity contribution >= 4 is 0 Å². The first-order chi connectivity index (χ1) is 7.35. The molecule has 4 nitrogen and oxygen atoms in total. The number of hydrogen-bond donors (Lipinski definition) is 4. The van der Waals surface area contributed by atoms with Crippen LogP contribution in [0.15, 0.2) is 50.1 Å². The molecule has 0 saturated carbocycles. The van der Waals surface area contributed by atoms with Crippen molar-refractivity contribution in [3.05, 3.63) is 50.1 Å². The second-order valence-electron chi connectivity index (χ2n) is 3.39. The molecule has 0 fully saturated rings. The molecule has 0 amide bonds. The van der Waals surface area contributed by atoms with Crippen molar-refractivity contribution in [2.75, 3.05) is 0 Å². The lowest BCUT2D eigenvalue weighted by atomic mass is 9.80. The highest BCUT2D eigenvalue weighted by Gasteiger charge is 2.44. The lowest BCUT2D eigenvalue weighted by Gasteiger charge is -2.37. The molecular weight excluding hydrogens is 208 g/mol. The Morgan fingerprint density at radius 1 is 0.938 bits per heavy atom. The quantitative estimate of drug-likeness (QED) is 0.457. The van der Waals surface area contributed by atoms with E-state index in [0.717, 1.165) is 18.2 Å². The highest BCUT2D eigenvalue weighted by Crippen LogP contribution is 2.28. The van der Waals surface area contributed by atoms with Crippen LogP contribution in [0.4, 0.5) is 0 Å². The second-order valence-corrected chi connectivity index (χ2v) is 3.39. The number of aliphatic hydroxyl groups excluding tert-OH is 3. The molecule has 90 valence electrons. The van der Waals surface area contributed by atoms with E-state index in [4.69, 9.17) is 0 Å². The van der Waals surface area contributed by atoms with E-state index in [9.17, 15) is 20.4 Å². The monoisotopic (exact) mass is 226 g/mol.